The maximum atomic E-state index is 6.19. The quantitative estimate of drug-likeness (QED) is 0.792. The average molecular weight is 327 g/mol. The fourth-order valence-electron chi connectivity index (χ4n) is 3.36. The second kappa shape index (κ2) is 5.89. The van der Waals surface area contributed by atoms with E-state index < -0.39 is 0 Å². The normalized spacial score (nSPS) is 22.2. The minimum atomic E-state index is 0.0182. The molecule has 4 rings (SSSR count). The number of para-hydroxylation sites is 1. The molecule has 2 aromatic carbocycles. The van der Waals surface area contributed by atoms with Crippen LogP contribution in [0.5, 0.6) is 5.75 Å². The monoisotopic (exact) mass is 326 g/mol. The van der Waals surface area contributed by atoms with Crippen molar-refractivity contribution >= 4 is 17.3 Å². The second-order valence-corrected chi connectivity index (χ2v) is 6.49. The lowest BCUT2D eigenvalue weighted by Gasteiger charge is -2.38. The second-order valence-electron chi connectivity index (χ2n) is 6.05. The van der Waals surface area contributed by atoms with Crippen molar-refractivity contribution in [2.45, 2.75) is 38.5 Å². The van der Waals surface area contributed by atoms with Gasteiger partial charge < -0.3 is 4.74 Å². The Morgan fingerprint density at radius 3 is 2.74 bits per heavy atom. The van der Waals surface area contributed by atoms with Gasteiger partial charge in [-0.3, -0.25) is 5.01 Å². The van der Waals surface area contributed by atoms with E-state index in [1.807, 2.05) is 30.3 Å². The lowest BCUT2D eigenvalue weighted by atomic mass is 9.96. The summed E-state index contributed by atoms with van der Waals surface area (Å²) in [4.78, 5) is 0. The molecule has 0 amide bonds. The molecule has 0 bridgehead atoms. The van der Waals surface area contributed by atoms with Crippen LogP contribution < -0.4 is 4.74 Å². The molecule has 0 spiro atoms. The Balaban J connectivity index is 1.71. The molecule has 4 heteroatoms. The van der Waals surface area contributed by atoms with Gasteiger partial charge in [0.1, 0.15) is 5.75 Å². The van der Waals surface area contributed by atoms with Gasteiger partial charge in [0.25, 0.3) is 0 Å². The highest BCUT2D eigenvalue weighted by Gasteiger charge is 2.39. The summed E-state index contributed by atoms with van der Waals surface area (Å²) in [5, 5.41) is 7.79. The number of halogens is 1. The van der Waals surface area contributed by atoms with E-state index in [-0.39, 0.29) is 12.3 Å². The lowest BCUT2D eigenvalue weighted by molar-refractivity contribution is -0.0223. The van der Waals surface area contributed by atoms with Gasteiger partial charge in [-0.1, -0.05) is 55.3 Å². The lowest BCUT2D eigenvalue weighted by Crippen LogP contribution is -2.40. The first kappa shape index (κ1) is 14.6. The smallest absolute Gasteiger partial charge is 0.187 e. The van der Waals surface area contributed by atoms with Crippen molar-refractivity contribution in [1.29, 1.82) is 0 Å². The third kappa shape index (κ3) is 2.59. The van der Waals surface area contributed by atoms with E-state index >= 15 is 0 Å². The summed E-state index contributed by atoms with van der Waals surface area (Å²) in [6.07, 6.45) is 2.97. The highest BCUT2D eigenvalue weighted by molar-refractivity contribution is 6.30. The Morgan fingerprint density at radius 1 is 1.17 bits per heavy atom. The Kier molecular flexibility index (Phi) is 3.74. The van der Waals surface area contributed by atoms with Gasteiger partial charge in [0.15, 0.2) is 6.23 Å². The Labute approximate surface area is 141 Å². The van der Waals surface area contributed by atoms with Crippen molar-refractivity contribution in [1.82, 2.24) is 5.01 Å². The van der Waals surface area contributed by atoms with Gasteiger partial charge in [-0.15, -0.1) is 0 Å². The summed E-state index contributed by atoms with van der Waals surface area (Å²) in [5.41, 5.74) is 3.47. The maximum absolute atomic E-state index is 6.19. The summed E-state index contributed by atoms with van der Waals surface area (Å²) in [6.45, 7) is 2.18. The van der Waals surface area contributed by atoms with Gasteiger partial charge in [0.2, 0.25) is 0 Å². The van der Waals surface area contributed by atoms with E-state index in [1.54, 1.807) is 0 Å². The summed E-state index contributed by atoms with van der Waals surface area (Å²) in [6, 6.07) is 16.5. The van der Waals surface area contributed by atoms with Crippen LogP contribution in [0.3, 0.4) is 0 Å². The van der Waals surface area contributed by atoms with E-state index in [4.69, 9.17) is 21.4 Å². The van der Waals surface area contributed by atoms with E-state index in [0.29, 0.717) is 0 Å². The molecular weight excluding hydrogens is 308 g/mol. The first-order valence-corrected chi connectivity index (χ1v) is 8.51. The third-order valence-electron chi connectivity index (χ3n) is 4.49. The molecule has 0 saturated carbocycles. The van der Waals surface area contributed by atoms with Crippen LogP contribution in [0.15, 0.2) is 53.6 Å². The highest BCUT2D eigenvalue weighted by atomic mass is 35.5. The molecule has 2 atom stereocenters. The number of fused-ring (bicyclic) bond motifs is 3. The molecule has 2 heterocycles. The molecule has 0 radical (unpaired) electrons. The zero-order valence-electron chi connectivity index (χ0n) is 13.1. The SMILES string of the molecule is CCC[C@H]1Oc2ccccc2[C@@H]2CC(c3ccc(Cl)cc3)=NN12. The zero-order chi connectivity index (χ0) is 15.8. The van der Waals surface area contributed by atoms with Crippen LogP contribution >= 0.6 is 11.6 Å². The number of benzene rings is 2. The van der Waals surface area contributed by atoms with Crippen LogP contribution in [-0.2, 0) is 0 Å². The predicted octanol–water partition coefficient (Wildman–Crippen LogP) is 5.01. The molecule has 0 N–H and O–H groups in total. The predicted molar refractivity (Wildman–Crippen MR) is 93.0 cm³/mol. The van der Waals surface area contributed by atoms with Crippen molar-refractivity contribution in [3.8, 4) is 5.75 Å². The molecular formula is C19H19ClN2O. The Bertz CT molecular complexity index is 741. The van der Waals surface area contributed by atoms with E-state index in [2.05, 4.69) is 30.1 Å². The van der Waals surface area contributed by atoms with Crippen LogP contribution in [0.4, 0.5) is 0 Å². The summed E-state index contributed by atoms with van der Waals surface area (Å²) in [7, 11) is 0. The number of nitrogens with zero attached hydrogens (tertiary/aromatic N) is 2. The molecule has 2 aromatic rings. The first-order valence-electron chi connectivity index (χ1n) is 8.13. The molecule has 118 valence electrons. The molecule has 0 aromatic heterocycles. The molecule has 2 aliphatic rings. The third-order valence-corrected chi connectivity index (χ3v) is 4.74. The van der Waals surface area contributed by atoms with Crippen molar-refractivity contribution < 1.29 is 4.74 Å². The van der Waals surface area contributed by atoms with Crippen molar-refractivity contribution in [3.05, 3.63) is 64.7 Å². The fraction of sp³-hybridized carbons (Fsp3) is 0.316. The fourth-order valence-corrected chi connectivity index (χ4v) is 3.49. The van der Waals surface area contributed by atoms with Crippen molar-refractivity contribution in [2.24, 2.45) is 5.10 Å². The number of hydrogen-bond acceptors (Lipinski definition) is 3. The van der Waals surface area contributed by atoms with Crippen molar-refractivity contribution in [2.75, 3.05) is 0 Å². The van der Waals surface area contributed by atoms with Crippen molar-refractivity contribution in [3.63, 3.8) is 0 Å². The Hall–Kier alpha value is -2.00. The number of hydrogen-bond donors (Lipinski definition) is 0. The number of rotatable bonds is 3. The Morgan fingerprint density at radius 2 is 1.96 bits per heavy atom. The summed E-state index contributed by atoms with van der Waals surface area (Å²) >= 11 is 6.00. The van der Waals surface area contributed by atoms with Gasteiger partial charge in [-0.25, -0.2) is 0 Å². The zero-order valence-corrected chi connectivity index (χ0v) is 13.8. The van der Waals surface area contributed by atoms with Gasteiger partial charge in [0, 0.05) is 23.4 Å². The van der Waals surface area contributed by atoms with Gasteiger partial charge in [-0.2, -0.15) is 5.10 Å². The average Bonchev–Trinajstić information content (AvgIpc) is 3.02. The maximum Gasteiger partial charge on any atom is 0.187 e. The van der Waals surface area contributed by atoms with E-state index in [0.717, 1.165) is 41.3 Å². The highest BCUT2D eigenvalue weighted by Crippen LogP contribution is 2.43. The first-order chi connectivity index (χ1) is 11.3. The van der Waals surface area contributed by atoms with Crippen LogP contribution in [0, 0.1) is 0 Å². The molecule has 2 aliphatic heterocycles. The van der Waals surface area contributed by atoms with Gasteiger partial charge in [0.05, 0.1) is 11.8 Å². The minimum Gasteiger partial charge on any atom is -0.469 e. The van der Waals surface area contributed by atoms with Crippen LogP contribution in [0.25, 0.3) is 0 Å². The largest absolute Gasteiger partial charge is 0.469 e. The topological polar surface area (TPSA) is 24.8 Å². The van der Waals surface area contributed by atoms with E-state index in [1.165, 1.54) is 5.56 Å². The van der Waals surface area contributed by atoms with Crippen LogP contribution in [0.1, 0.15) is 43.4 Å². The molecule has 3 nitrogen and oxygen atoms in total. The van der Waals surface area contributed by atoms with Crippen LogP contribution in [-0.4, -0.2) is 16.9 Å². The van der Waals surface area contributed by atoms with Gasteiger partial charge in [-0.05, 0) is 23.8 Å². The molecule has 0 unspecified atom stereocenters. The minimum absolute atomic E-state index is 0.0182. The molecule has 0 saturated heterocycles. The summed E-state index contributed by atoms with van der Waals surface area (Å²) in [5.74, 6) is 1.000. The molecule has 0 aliphatic carbocycles. The molecule has 23 heavy (non-hydrogen) atoms. The number of hydrazone groups is 1. The molecule has 0 fully saturated rings. The standard InChI is InChI=1S/C19H19ClN2O/c1-2-5-19-22-17(15-6-3-4-7-18(15)23-19)12-16(21-22)13-8-10-14(20)11-9-13/h3-4,6-11,17,19H,2,5,12H2,1H3/t17-,19+/m0/s1. The number of ether oxygens (including phenoxy) is 1. The van der Waals surface area contributed by atoms with Crippen LogP contribution in [0.2, 0.25) is 5.02 Å². The summed E-state index contributed by atoms with van der Waals surface area (Å²) < 4.78 is 6.19. The van der Waals surface area contributed by atoms with Gasteiger partial charge >= 0.3 is 0 Å². The van der Waals surface area contributed by atoms with E-state index in [9.17, 15) is 0 Å².